The number of piperidine rings is 2. The number of aromatic nitrogens is 1. The quantitative estimate of drug-likeness (QED) is 0.811. The van der Waals surface area contributed by atoms with Crippen LogP contribution in [0.15, 0.2) is 30.5 Å². The van der Waals surface area contributed by atoms with Crippen molar-refractivity contribution >= 4 is 22.5 Å². The van der Waals surface area contributed by atoms with E-state index < -0.39 is 5.60 Å². The summed E-state index contributed by atoms with van der Waals surface area (Å²) >= 11 is 0. The minimum Gasteiger partial charge on any atom is -0.389 e. The number of benzene rings is 1. The number of anilines is 1. The second-order valence-electron chi connectivity index (χ2n) is 9.52. The van der Waals surface area contributed by atoms with Crippen molar-refractivity contribution in [2.24, 2.45) is 5.92 Å². The average Bonchev–Trinajstić information content (AvgIpc) is 2.70. The Morgan fingerprint density at radius 2 is 2.03 bits per heavy atom. The number of aryl methyl sites for hydroxylation is 1. The lowest BCUT2D eigenvalue weighted by atomic mass is 9.87. The molecule has 0 spiro atoms. The molecule has 6 heteroatoms. The number of rotatable bonds is 4. The van der Waals surface area contributed by atoms with Crippen LogP contribution in [0.3, 0.4) is 0 Å². The van der Waals surface area contributed by atoms with E-state index >= 15 is 0 Å². The molecule has 1 amide bonds. The predicted octanol–water partition coefficient (Wildman–Crippen LogP) is 2.72. The van der Waals surface area contributed by atoms with E-state index in [1.165, 1.54) is 11.3 Å². The number of likely N-dealkylation sites (tertiary alicyclic amines) is 1. The van der Waals surface area contributed by atoms with Crippen molar-refractivity contribution in [3.8, 4) is 0 Å². The molecule has 6 nitrogen and oxygen atoms in total. The summed E-state index contributed by atoms with van der Waals surface area (Å²) < 4.78 is 0. The first-order valence-corrected chi connectivity index (χ1v) is 11.1. The highest BCUT2D eigenvalue weighted by Gasteiger charge is 2.35. The van der Waals surface area contributed by atoms with Crippen molar-refractivity contribution in [3.63, 3.8) is 0 Å². The molecule has 3 heterocycles. The zero-order valence-electron chi connectivity index (χ0n) is 18.4. The molecule has 2 fully saturated rings. The van der Waals surface area contributed by atoms with Crippen LogP contribution in [0.4, 0.5) is 5.69 Å². The standard InChI is InChI=1S/C24H34N4O2/c1-17-13-19(26-22(29)14-24(30)8-11-27(3)12-9-24)16-28(15-17)21-7-6-18(2)23-20(21)5-4-10-25-23/h4-7,10,17,19,30H,8-9,11-16H2,1-3H3,(H,26,29)/t17-,19+/m0/s1. The summed E-state index contributed by atoms with van der Waals surface area (Å²) in [5, 5.41) is 15.2. The molecule has 2 N–H and O–H groups in total. The third-order valence-electron chi connectivity index (χ3n) is 6.72. The average molecular weight is 411 g/mol. The summed E-state index contributed by atoms with van der Waals surface area (Å²) in [6.45, 7) is 7.76. The van der Waals surface area contributed by atoms with E-state index in [-0.39, 0.29) is 18.4 Å². The van der Waals surface area contributed by atoms with Crippen molar-refractivity contribution in [2.75, 3.05) is 38.1 Å². The molecular formula is C24H34N4O2. The molecule has 1 aromatic carbocycles. The Bertz CT molecular complexity index is 907. The number of aliphatic hydroxyl groups is 1. The summed E-state index contributed by atoms with van der Waals surface area (Å²) in [4.78, 5) is 21.9. The molecule has 162 valence electrons. The number of carbonyl (C=O) groups is 1. The minimum atomic E-state index is -0.866. The van der Waals surface area contributed by atoms with Crippen LogP contribution < -0.4 is 10.2 Å². The number of carbonyl (C=O) groups excluding carboxylic acids is 1. The summed E-state index contributed by atoms with van der Waals surface area (Å²) in [7, 11) is 2.06. The Morgan fingerprint density at radius 3 is 2.80 bits per heavy atom. The third-order valence-corrected chi connectivity index (χ3v) is 6.72. The van der Waals surface area contributed by atoms with Crippen LogP contribution in [0, 0.1) is 12.8 Å². The summed E-state index contributed by atoms with van der Waals surface area (Å²) in [6.07, 6.45) is 4.32. The highest BCUT2D eigenvalue weighted by atomic mass is 16.3. The Balaban J connectivity index is 1.45. The van der Waals surface area contributed by atoms with Gasteiger partial charge in [0.15, 0.2) is 0 Å². The third kappa shape index (κ3) is 4.60. The molecular weight excluding hydrogens is 376 g/mol. The zero-order chi connectivity index (χ0) is 21.3. The van der Waals surface area contributed by atoms with E-state index in [0.29, 0.717) is 18.8 Å². The van der Waals surface area contributed by atoms with Gasteiger partial charge in [0.2, 0.25) is 5.91 Å². The van der Waals surface area contributed by atoms with Crippen LogP contribution in [-0.2, 0) is 4.79 Å². The lowest BCUT2D eigenvalue weighted by Crippen LogP contribution is -2.52. The van der Waals surface area contributed by atoms with Crippen molar-refractivity contribution in [2.45, 2.75) is 51.2 Å². The highest BCUT2D eigenvalue weighted by Crippen LogP contribution is 2.31. The fourth-order valence-corrected chi connectivity index (χ4v) is 5.02. The van der Waals surface area contributed by atoms with Gasteiger partial charge in [0.05, 0.1) is 17.5 Å². The smallest absolute Gasteiger partial charge is 0.223 e. The predicted molar refractivity (Wildman–Crippen MR) is 121 cm³/mol. The lowest BCUT2D eigenvalue weighted by Gasteiger charge is -2.40. The number of pyridine rings is 1. The maximum atomic E-state index is 12.8. The van der Waals surface area contributed by atoms with Gasteiger partial charge in [-0.15, -0.1) is 0 Å². The number of nitrogens with zero attached hydrogens (tertiary/aromatic N) is 3. The van der Waals surface area contributed by atoms with Gasteiger partial charge in [-0.25, -0.2) is 0 Å². The maximum absolute atomic E-state index is 12.8. The summed E-state index contributed by atoms with van der Waals surface area (Å²) in [6, 6.07) is 8.52. The number of fused-ring (bicyclic) bond motifs is 1. The van der Waals surface area contributed by atoms with E-state index in [0.717, 1.165) is 43.5 Å². The number of hydrogen-bond acceptors (Lipinski definition) is 5. The van der Waals surface area contributed by atoms with E-state index in [1.807, 2.05) is 12.3 Å². The van der Waals surface area contributed by atoms with Gasteiger partial charge < -0.3 is 20.2 Å². The molecule has 1 aromatic heterocycles. The molecule has 0 unspecified atom stereocenters. The normalized spacial score (nSPS) is 24.7. The van der Waals surface area contributed by atoms with Gasteiger partial charge in [0.1, 0.15) is 0 Å². The van der Waals surface area contributed by atoms with Crippen LogP contribution in [-0.4, -0.2) is 65.8 Å². The lowest BCUT2D eigenvalue weighted by molar-refractivity contribution is -0.128. The van der Waals surface area contributed by atoms with Crippen molar-refractivity contribution in [1.29, 1.82) is 0 Å². The van der Waals surface area contributed by atoms with E-state index in [4.69, 9.17) is 0 Å². The first-order chi connectivity index (χ1) is 14.3. The molecule has 30 heavy (non-hydrogen) atoms. The largest absolute Gasteiger partial charge is 0.389 e. The van der Waals surface area contributed by atoms with E-state index in [9.17, 15) is 9.90 Å². The van der Waals surface area contributed by atoms with Crippen LogP contribution in [0.1, 0.15) is 38.2 Å². The number of nitrogens with one attached hydrogen (secondary N) is 1. The van der Waals surface area contributed by atoms with Gasteiger partial charge in [0, 0.05) is 49.5 Å². The monoisotopic (exact) mass is 410 g/mol. The molecule has 0 aliphatic carbocycles. The Hall–Kier alpha value is -2.18. The molecule has 0 radical (unpaired) electrons. The first-order valence-electron chi connectivity index (χ1n) is 11.1. The topological polar surface area (TPSA) is 68.7 Å². The minimum absolute atomic E-state index is 0.0310. The Kier molecular flexibility index (Phi) is 5.98. The molecule has 0 saturated carbocycles. The van der Waals surface area contributed by atoms with Gasteiger partial charge in [-0.1, -0.05) is 13.0 Å². The SMILES string of the molecule is Cc1ccc(N2C[C@@H](C)C[C@@H](NC(=O)CC3(O)CCN(C)CC3)C2)c2cccnc12. The Morgan fingerprint density at radius 1 is 1.27 bits per heavy atom. The van der Waals surface area contributed by atoms with Crippen LogP contribution in [0.25, 0.3) is 10.9 Å². The fourth-order valence-electron chi connectivity index (χ4n) is 5.02. The second kappa shape index (κ2) is 8.52. The molecule has 4 rings (SSSR count). The fraction of sp³-hybridized carbons (Fsp3) is 0.583. The molecule has 2 aromatic rings. The van der Waals surface area contributed by atoms with Gasteiger partial charge in [-0.2, -0.15) is 0 Å². The summed E-state index contributed by atoms with van der Waals surface area (Å²) in [5.41, 5.74) is 2.53. The van der Waals surface area contributed by atoms with Gasteiger partial charge in [-0.3, -0.25) is 9.78 Å². The highest BCUT2D eigenvalue weighted by molar-refractivity contribution is 5.93. The van der Waals surface area contributed by atoms with E-state index in [2.05, 4.69) is 59.2 Å². The van der Waals surface area contributed by atoms with Gasteiger partial charge in [-0.05, 0) is 62.9 Å². The van der Waals surface area contributed by atoms with Crippen LogP contribution in [0.2, 0.25) is 0 Å². The molecule has 2 aliphatic rings. The van der Waals surface area contributed by atoms with Crippen LogP contribution in [0.5, 0.6) is 0 Å². The first kappa shape index (κ1) is 21.1. The van der Waals surface area contributed by atoms with Crippen molar-refractivity contribution in [3.05, 3.63) is 36.0 Å². The number of hydrogen-bond donors (Lipinski definition) is 2. The van der Waals surface area contributed by atoms with Crippen molar-refractivity contribution < 1.29 is 9.90 Å². The second-order valence-corrected chi connectivity index (χ2v) is 9.52. The molecule has 2 atom stereocenters. The van der Waals surface area contributed by atoms with Crippen molar-refractivity contribution in [1.82, 2.24) is 15.2 Å². The summed E-state index contributed by atoms with van der Waals surface area (Å²) in [5.74, 6) is 0.444. The Labute approximate surface area is 179 Å². The van der Waals surface area contributed by atoms with Crippen LogP contribution >= 0.6 is 0 Å². The van der Waals surface area contributed by atoms with Gasteiger partial charge in [0.25, 0.3) is 0 Å². The van der Waals surface area contributed by atoms with Gasteiger partial charge >= 0.3 is 0 Å². The van der Waals surface area contributed by atoms with E-state index in [1.54, 1.807) is 0 Å². The molecule has 2 saturated heterocycles. The number of amides is 1. The maximum Gasteiger partial charge on any atom is 0.223 e. The molecule has 2 aliphatic heterocycles. The molecule has 0 bridgehead atoms. The zero-order valence-corrected chi connectivity index (χ0v) is 18.4.